The lowest BCUT2D eigenvalue weighted by Gasteiger charge is -2.23. The Morgan fingerprint density at radius 1 is 1.07 bits per heavy atom. The van der Waals surface area contributed by atoms with E-state index >= 15 is 0 Å². The molecule has 4 rings (SSSR count). The molecule has 0 bridgehead atoms. The third-order valence-corrected chi connectivity index (χ3v) is 6.05. The molecule has 2 N–H and O–H groups in total. The zero-order valence-corrected chi connectivity index (χ0v) is 15.7. The molecule has 2 aromatic carbocycles. The Balaban J connectivity index is 1.35. The van der Waals surface area contributed by atoms with Crippen LogP contribution in [0.2, 0.25) is 0 Å². The summed E-state index contributed by atoms with van der Waals surface area (Å²) in [5.74, 6) is 0.746. The van der Waals surface area contributed by atoms with Crippen LogP contribution in [0.5, 0.6) is 5.75 Å². The number of likely N-dealkylation sites (tertiary alicyclic amines) is 1. The van der Waals surface area contributed by atoms with Gasteiger partial charge in [-0.05, 0) is 55.5 Å². The highest BCUT2D eigenvalue weighted by Crippen LogP contribution is 2.30. The normalized spacial score (nSPS) is 20.8. The van der Waals surface area contributed by atoms with E-state index in [1.807, 2.05) is 36.4 Å². The number of phenols is 1. The fourth-order valence-corrected chi connectivity index (χ4v) is 4.52. The van der Waals surface area contributed by atoms with E-state index in [-0.39, 0.29) is 11.7 Å². The number of benzene rings is 2. The van der Waals surface area contributed by atoms with Gasteiger partial charge in [-0.25, -0.2) is 0 Å². The molecule has 27 heavy (non-hydrogen) atoms. The van der Waals surface area contributed by atoms with Crippen molar-refractivity contribution in [1.29, 1.82) is 0 Å². The van der Waals surface area contributed by atoms with Gasteiger partial charge in [-0.2, -0.15) is 0 Å². The number of carbonyl (C=O) groups is 1. The van der Waals surface area contributed by atoms with Crippen molar-refractivity contribution >= 4 is 5.91 Å². The number of carbonyl (C=O) groups excluding carboxylic acids is 1. The van der Waals surface area contributed by atoms with E-state index in [1.165, 1.54) is 38.6 Å². The summed E-state index contributed by atoms with van der Waals surface area (Å²) in [6, 6.07) is 15.5. The summed E-state index contributed by atoms with van der Waals surface area (Å²) in [6.07, 6.45) is 6.61. The Morgan fingerprint density at radius 2 is 1.89 bits per heavy atom. The topological polar surface area (TPSA) is 52.6 Å². The number of para-hydroxylation sites is 1. The van der Waals surface area contributed by atoms with Crippen molar-refractivity contribution in [2.75, 3.05) is 19.6 Å². The highest BCUT2D eigenvalue weighted by Gasteiger charge is 2.29. The van der Waals surface area contributed by atoms with Gasteiger partial charge in [0, 0.05) is 30.3 Å². The molecular formula is C23H28N2O2. The van der Waals surface area contributed by atoms with Gasteiger partial charge < -0.3 is 15.3 Å². The molecule has 2 aliphatic rings. The summed E-state index contributed by atoms with van der Waals surface area (Å²) < 4.78 is 0. The summed E-state index contributed by atoms with van der Waals surface area (Å²) >= 11 is 0. The Hall–Kier alpha value is -2.33. The van der Waals surface area contributed by atoms with Crippen LogP contribution in [0.25, 0.3) is 11.1 Å². The third-order valence-electron chi connectivity index (χ3n) is 6.05. The van der Waals surface area contributed by atoms with Crippen molar-refractivity contribution in [3.05, 3.63) is 54.1 Å². The molecular weight excluding hydrogens is 336 g/mol. The number of hydrogen-bond donors (Lipinski definition) is 2. The van der Waals surface area contributed by atoms with Crippen molar-refractivity contribution in [3.63, 3.8) is 0 Å². The lowest BCUT2D eigenvalue weighted by Crippen LogP contribution is -2.34. The van der Waals surface area contributed by atoms with Crippen LogP contribution in [0.1, 0.15) is 42.5 Å². The van der Waals surface area contributed by atoms with Crippen molar-refractivity contribution in [1.82, 2.24) is 10.2 Å². The maximum Gasteiger partial charge on any atom is 0.251 e. The van der Waals surface area contributed by atoms with Crippen LogP contribution in [0, 0.1) is 5.92 Å². The van der Waals surface area contributed by atoms with Gasteiger partial charge in [0.05, 0.1) is 0 Å². The molecule has 1 saturated heterocycles. The smallest absolute Gasteiger partial charge is 0.251 e. The molecule has 1 unspecified atom stereocenters. The molecule has 142 valence electrons. The van der Waals surface area contributed by atoms with E-state index in [1.54, 1.807) is 12.1 Å². The fraction of sp³-hybridized carbons (Fsp3) is 0.435. The molecule has 1 amide bonds. The molecule has 1 heterocycles. The molecule has 4 nitrogen and oxygen atoms in total. The maximum atomic E-state index is 12.6. The molecule has 1 atom stereocenters. The summed E-state index contributed by atoms with van der Waals surface area (Å²) in [5, 5.41) is 13.2. The van der Waals surface area contributed by atoms with Crippen LogP contribution in [-0.2, 0) is 0 Å². The zero-order chi connectivity index (χ0) is 18.6. The van der Waals surface area contributed by atoms with E-state index in [2.05, 4.69) is 10.2 Å². The van der Waals surface area contributed by atoms with Gasteiger partial charge in [0.1, 0.15) is 5.75 Å². The quantitative estimate of drug-likeness (QED) is 0.841. The summed E-state index contributed by atoms with van der Waals surface area (Å²) in [7, 11) is 0. The fourth-order valence-electron chi connectivity index (χ4n) is 4.52. The molecule has 0 radical (unpaired) electrons. The second kappa shape index (κ2) is 8.13. The summed E-state index contributed by atoms with van der Waals surface area (Å²) in [6.45, 7) is 3.03. The average Bonchev–Trinajstić information content (AvgIpc) is 3.38. The maximum absolute atomic E-state index is 12.6. The monoisotopic (exact) mass is 364 g/mol. The number of nitrogens with zero attached hydrogens (tertiary/aromatic N) is 1. The standard InChI is InChI=1S/C23H28N2O2/c26-22-11-4-3-10-21(22)18-6-5-7-19(14-18)23(27)24-15-17-12-13-25(16-17)20-8-1-2-9-20/h3-7,10-11,14,17,20,26H,1-2,8-9,12-13,15-16H2,(H,24,27). The van der Waals surface area contributed by atoms with Gasteiger partial charge in [0.15, 0.2) is 0 Å². The van der Waals surface area contributed by atoms with E-state index in [0.29, 0.717) is 11.5 Å². The van der Waals surface area contributed by atoms with E-state index < -0.39 is 0 Å². The first-order valence-electron chi connectivity index (χ1n) is 10.1. The predicted molar refractivity (Wildman–Crippen MR) is 108 cm³/mol. The Morgan fingerprint density at radius 3 is 2.70 bits per heavy atom. The lowest BCUT2D eigenvalue weighted by atomic mass is 10.0. The largest absolute Gasteiger partial charge is 0.507 e. The minimum absolute atomic E-state index is 0.0356. The minimum Gasteiger partial charge on any atom is -0.507 e. The first-order valence-corrected chi connectivity index (χ1v) is 10.1. The highest BCUT2D eigenvalue weighted by molar-refractivity contribution is 5.95. The van der Waals surface area contributed by atoms with Crippen LogP contribution < -0.4 is 5.32 Å². The number of amides is 1. The first-order chi connectivity index (χ1) is 13.2. The van der Waals surface area contributed by atoms with Gasteiger partial charge in [0.2, 0.25) is 0 Å². The van der Waals surface area contributed by atoms with Gasteiger partial charge >= 0.3 is 0 Å². The van der Waals surface area contributed by atoms with Crippen LogP contribution in [0.3, 0.4) is 0 Å². The predicted octanol–water partition coefficient (Wildman–Crippen LogP) is 4.05. The van der Waals surface area contributed by atoms with Crippen molar-refractivity contribution < 1.29 is 9.90 Å². The summed E-state index contributed by atoms with van der Waals surface area (Å²) in [5.41, 5.74) is 2.24. The molecule has 1 aliphatic heterocycles. The van der Waals surface area contributed by atoms with Crippen LogP contribution in [-0.4, -0.2) is 41.6 Å². The summed E-state index contributed by atoms with van der Waals surface area (Å²) in [4.78, 5) is 15.2. The minimum atomic E-state index is -0.0356. The second-order valence-electron chi connectivity index (χ2n) is 7.90. The lowest BCUT2D eigenvalue weighted by molar-refractivity contribution is 0.0947. The number of hydrogen-bond acceptors (Lipinski definition) is 3. The SMILES string of the molecule is O=C(NCC1CCN(C2CCCC2)C1)c1cccc(-c2ccccc2O)c1. The average molecular weight is 364 g/mol. The van der Waals surface area contributed by atoms with E-state index in [9.17, 15) is 9.90 Å². The Kier molecular flexibility index (Phi) is 5.44. The first kappa shape index (κ1) is 18.1. The second-order valence-corrected chi connectivity index (χ2v) is 7.90. The van der Waals surface area contributed by atoms with Crippen LogP contribution in [0.4, 0.5) is 0 Å². The molecule has 2 fully saturated rings. The Labute approximate surface area is 161 Å². The molecule has 1 saturated carbocycles. The highest BCUT2D eigenvalue weighted by atomic mass is 16.3. The van der Waals surface area contributed by atoms with Gasteiger partial charge in [-0.1, -0.05) is 43.2 Å². The van der Waals surface area contributed by atoms with E-state index in [0.717, 1.165) is 30.3 Å². The third kappa shape index (κ3) is 4.16. The van der Waals surface area contributed by atoms with Gasteiger partial charge in [-0.15, -0.1) is 0 Å². The zero-order valence-electron chi connectivity index (χ0n) is 15.7. The number of aromatic hydroxyl groups is 1. The molecule has 0 spiro atoms. The van der Waals surface area contributed by atoms with Crippen LogP contribution >= 0.6 is 0 Å². The molecule has 0 aromatic heterocycles. The number of phenolic OH excluding ortho intramolecular Hbond substituents is 1. The van der Waals surface area contributed by atoms with Crippen molar-refractivity contribution in [2.24, 2.45) is 5.92 Å². The number of nitrogens with one attached hydrogen (secondary N) is 1. The Bertz CT molecular complexity index is 798. The number of rotatable bonds is 5. The molecule has 4 heteroatoms. The van der Waals surface area contributed by atoms with Gasteiger partial charge in [-0.3, -0.25) is 4.79 Å². The van der Waals surface area contributed by atoms with E-state index in [4.69, 9.17) is 0 Å². The van der Waals surface area contributed by atoms with Crippen LogP contribution in [0.15, 0.2) is 48.5 Å². The van der Waals surface area contributed by atoms with Crippen molar-refractivity contribution in [3.8, 4) is 16.9 Å². The molecule has 2 aromatic rings. The van der Waals surface area contributed by atoms with Gasteiger partial charge in [0.25, 0.3) is 5.91 Å². The molecule has 1 aliphatic carbocycles. The van der Waals surface area contributed by atoms with Crippen molar-refractivity contribution in [2.45, 2.75) is 38.1 Å².